The lowest BCUT2D eigenvalue weighted by atomic mass is 10.3. The summed E-state index contributed by atoms with van der Waals surface area (Å²) >= 11 is 0. The number of aldehydes is 1. The van der Waals surface area contributed by atoms with Crippen LogP contribution in [0.15, 0.2) is 29.8 Å². The van der Waals surface area contributed by atoms with Crippen LogP contribution in [0, 0.1) is 0 Å². The van der Waals surface area contributed by atoms with E-state index in [2.05, 4.69) is 11.6 Å². The molecule has 2 nitrogen and oxygen atoms in total. The predicted octanol–water partition coefficient (Wildman–Crippen LogP) is 1.78. The average molecular weight is 151 g/mol. The van der Waals surface area contributed by atoms with Gasteiger partial charge in [-0.3, -0.25) is 4.99 Å². The molecule has 0 N–H and O–H groups in total. The van der Waals surface area contributed by atoms with Gasteiger partial charge in [0.05, 0.1) is 6.54 Å². The van der Waals surface area contributed by atoms with Gasteiger partial charge in [-0.2, -0.15) is 0 Å². The molecule has 0 aliphatic rings. The Bertz CT molecular complexity index is 180. The van der Waals surface area contributed by atoms with Crippen LogP contribution in [-0.4, -0.2) is 18.5 Å². The molecule has 0 aromatic carbocycles. The monoisotopic (exact) mass is 151 g/mol. The molecule has 0 aliphatic carbocycles. The van der Waals surface area contributed by atoms with E-state index < -0.39 is 0 Å². The van der Waals surface area contributed by atoms with Gasteiger partial charge in [-0.05, 0) is 13.0 Å². The molecule has 0 fully saturated rings. The molecule has 0 bridgehead atoms. The number of carbonyl (C=O) groups excluding carboxylic acids is 1. The molecular formula is C9H13NO. The van der Waals surface area contributed by atoms with Gasteiger partial charge in [0, 0.05) is 12.1 Å². The van der Waals surface area contributed by atoms with Crippen molar-refractivity contribution in [2.45, 2.75) is 13.3 Å². The molecule has 0 aromatic rings. The highest BCUT2D eigenvalue weighted by molar-refractivity contribution is 6.01. The fourth-order valence-electron chi connectivity index (χ4n) is 0.573. The molecule has 0 saturated heterocycles. The van der Waals surface area contributed by atoms with Gasteiger partial charge in [0.1, 0.15) is 6.29 Å². The van der Waals surface area contributed by atoms with Crippen molar-refractivity contribution in [1.82, 2.24) is 0 Å². The first-order valence-electron chi connectivity index (χ1n) is 3.55. The molecule has 11 heavy (non-hydrogen) atoms. The third-order valence-electron chi connectivity index (χ3n) is 1.16. The molecule has 0 unspecified atom stereocenters. The molecule has 0 saturated carbocycles. The number of hydrogen-bond donors (Lipinski definition) is 0. The second-order valence-corrected chi connectivity index (χ2v) is 1.98. The van der Waals surface area contributed by atoms with E-state index in [1.165, 1.54) is 0 Å². The van der Waals surface area contributed by atoms with Crippen molar-refractivity contribution < 1.29 is 4.79 Å². The van der Waals surface area contributed by atoms with E-state index in [1.807, 2.05) is 19.1 Å². The smallest absolute Gasteiger partial charge is 0.125 e. The summed E-state index contributed by atoms with van der Waals surface area (Å²) in [5, 5.41) is 0. The summed E-state index contributed by atoms with van der Waals surface area (Å²) in [5.74, 6) is 0. The maximum absolute atomic E-state index is 10.1. The molecule has 0 radical (unpaired) electrons. The molecule has 0 aromatic heterocycles. The molecule has 0 heterocycles. The first-order chi connectivity index (χ1) is 5.35. The van der Waals surface area contributed by atoms with Crippen LogP contribution in [0.25, 0.3) is 0 Å². The van der Waals surface area contributed by atoms with Crippen LogP contribution in [0.3, 0.4) is 0 Å². The number of aliphatic imine (C=N–C) groups is 1. The van der Waals surface area contributed by atoms with Crippen LogP contribution < -0.4 is 0 Å². The Hall–Kier alpha value is -1.18. The van der Waals surface area contributed by atoms with Crippen molar-refractivity contribution >= 4 is 12.0 Å². The number of nitrogens with zero attached hydrogens (tertiary/aromatic N) is 1. The predicted molar refractivity (Wildman–Crippen MR) is 48.0 cm³/mol. The van der Waals surface area contributed by atoms with E-state index >= 15 is 0 Å². The molecular weight excluding hydrogens is 138 g/mol. The number of allylic oxidation sites excluding steroid dienone is 2. The zero-order valence-corrected chi connectivity index (χ0v) is 6.79. The van der Waals surface area contributed by atoms with E-state index in [4.69, 9.17) is 0 Å². The normalized spacial score (nSPS) is 11.9. The molecule has 2 heteroatoms. The van der Waals surface area contributed by atoms with E-state index in [9.17, 15) is 4.79 Å². The quantitative estimate of drug-likeness (QED) is 0.334. The van der Waals surface area contributed by atoms with Gasteiger partial charge in [-0.25, -0.2) is 0 Å². The van der Waals surface area contributed by atoms with Gasteiger partial charge in [0.2, 0.25) is 0 Å². The molecule has 0 aliphatic heterocycles. The summed E-state index contributed by atoms with van der Waals surface area (Å²) in [6.45, 7) is 6.11. The van der Waals surface area contributed by atoms with Crippen molar-refractivity contribution in [3.8, 4) is 0 Å². The Balaban J connectivity index is 3.89. The van der Waals surface area contributed by atoms with Gasteiger partial charge >= 0.3 is 0 Å². The van der Waals surface area contributed by atoms with Crippen molar-refractivity contribution in [3.05, 3.63) is 24.8 Å². The molecule has 0 rings (SSSR count). The summed E-state index contributed by atoms with van der Waals surface area (Å²) in [4.78, 5) is 14.2. The van der Waals surface area contributed by atoms with Crippen molar-refractivity contribution in [1.29, 1.82) is 0 Å². The Labute approximate surface area is 67.3 Å². The largest absolute Gasteiger partial charge is 0.303 e. The molecule has 0 spiro atoms. The lowest BCUT2D eigenvalue weighted by Gasteiger charge is -1.91. The minimum Gasteiger partial charge on any atom is -0.303 e. The van der Waals surface area contributed by atoms with Crippen molar-refractivity contribution in [2.75, 3.05) is 6.54 Å². The van der Waals surface area contributed by atoms with Gasteiger partial charge in [-0.15, -0.1) is 0 Å². The average Bonchev–Trinajstić information content (AvgIpc) is 2.03. The SMILES string of the molecule is C=CC(CC=O)=NC/C=C\C. The highest BCUT2D eigenvalue weighted by Gasteiger charge is 1.88. The minimum absolute atomic E-state index is 0.362. The second kappa shape index (κ2) is 6.93. The summed E-state index contributed by atoms with van der Waals surface area (Å²) in [5.41, 5.74) is 0.748. The first kappa shape index (κ1) is 9.82. The van der Waals surface area contributed by atoms with Crippen LogP contribution in [0.1, 0.15) is 13.3 Å². The number of carbonyl (C=O) groups is 1. The highest BCUT2D eigenvalue weighted by Crippen LogP contribution is 1.86. The van der Waals surface area contributed by atoms with Crippen LogP contribution in [-0.2, 0) is 4.79 Å². The fourth-order valence-corrected chi connectivity index (χ4v) is 0.573. The van der Waals surface area contributed by atoms with Gasteiger partial charge in [0.15, 0.2) is 0 Å². The summed E-state index contributed by atoms with van der Waals surface area (Å²) in [6.07, 6.45) is 6.65. The van der Waals surface area contributed by atoms with Crippen LogP contribution in [0.4, 0.5) is 0 Å². The minimum atomic E-state index is 0.362. The standard InChI is InChI=1S/C9H13NO/c1-3-5-7-10-9(4-2)6-8-11/h3-5,8H,2,6-7H2,1H3/b5-3-,10-9?. The van der Waals surface area contributed by atoms with Crippen LogP contribution >= 0.6 is 0 Å². The van der Waals surface area contributed by atoms with Gasteiger partial charge < -0.3 is 4.79 Å². The summed E-state index contributed by atoms with van der Waals surface area (Å²) in [6, 6.07) is 0. The Morgan fingerprint density at radius 2 is 2.36 bits per heavy atom. The lowest BCUT2D eigenvalue weighted by Crippen LogP contribution is -1.94. The zero-order valence-electron chi connectivity index (χ0n) is 6.79. The van der Waals surface area contributed by atoms with Gasteiger partial charge in [0.25, 0.3) is 0 Å². The molecule has 0 amide bonds. The maximum atomic E-state index is 10.1. The van der Waals surface area contributed by atoms with E-state index in [0.29, 0.717) is 13.0 Å². The Morgan fingerprint density at radius 1 is 1.64 bits per heavy atom. The third-order valence-corrected chi connectivity index (χ3v) is 1.16. The fraction of sp³-hybridized carbons (Fsp3) is 0.333. The van der Waals surface area contributed by atoms with Crippen LogP contribution in [0.5, 0.6) is 0 Å². The van der Waals surface area contributed by atoms with Gasteiger partial charge in [-0.1, -0.05) is 18.7 Å². The molecule has 0 atom stereocenters. The Kier molecular flexibility index (Phi) is 6.19. The van der Waals surface area contributed by atoms with Crippen LogP contribution in [0.2, 0.25) is 0 Å². The maximum Gasteiger partial charge on any atom is 0.125 e. The van der Waals surface area contributed by atoms with Crippen molar-refractivity contribution in [3.63, 3.8) is 0 Å². The number of hydrogen-bond acceptors (Lipinski definition) is 2. The van der Waals surface area contributed by atoms with E-state index in [-0.39, 0.29) is 0 Å². The summed E-state index contributed by atoms with van der Waals surface area (Å²) < 4.78 is 0. The molecule has 60 valence electrons. The summed E-state index contributed by atoms with van der Waals surface area (Å²) in [7, 11) is 0. The first-order valence-corrected chi connectivity index (χ1v) is 3.55. The lowest BCUT2D eigenvalue weighted by molar-refractivity contribution is -0.106. The van der Waals surface area contributed by atoms with Crippen molar-refractivity contribution in [2.24, 2.45) is 4.99 Å². The zero-order chi connectivity index (χ0) is 8.53. The number of rotatable bonds is 5. The second-order valence-electron chi connectivity index (χ2n) is 1.98. The topological polar surface area (TPSA) is 29.4 Å². The van der Waals surface area contributed by atoms with E-state index in [0.717, 1.165) is 12.0 Å². The third kappa shape index (κ3) is 5.27. The highest BCUT2D eigenvalue weighted by atomic mass is 16.1. The Morgan fingerprint density at radius 3 is 2.82 bits per heavy atom. The van der Waals surface area contributed by atoms with E-state index in [1.54, 1.807) is 6.08 Å².